The molecular weight excluding hydrogens is 250 g/mol. The molecule has 0 aliphatic carbocycles. The van der Waals surface area contributed by atoms with Crippen LogP contribution < -0.4 is 0 Å². The third kappa shape index (κ3) is 3.56. The fourth-order valence-electron chi connectivity index (χ4n) is 1.43. The number of aliphatic hydroxyl groups is 1. The molecule has 0 bridgehead atoms. The highest BCUT2D eigenvalue weighted by Gasteiger charge is 2.09. The summed E-state index contributed by atoms with van der Waals surface area (Å²) >= 11 is 3.24. The highest BCUT2D eigenvalue weighted by molar-refractivity contribution is 8.01. The zero-order chi connectivity index (χ0) is 12.3. The average molecular weight is 265 g/mol. The second-order valence-corrected chi connectivity index (χ2v) is 6.12. The van der Waals surface area contributed by atoms with Crippen molar-refractivity contribution in [3.8, 4) is 0 Å². The van der Waals surface area contributed by atoms with Crippen LogP contribution in [0.5, 0.6) is 0 Å². The molecule has 1 unspecified atom stereocenters. The van der Waals surface area contributed by atoms with Crippen molar-refractivity contribution < 1.29 is 5.11 Å². The minimum absolute atomic E-state index is 0.426. The number of hydrogen-bond acceptors (Lipinski definition) is 4. The van der Waals surface area contributed by atoms with Gasteiger partial charge in [0, 0.05) is 16.8 Å². The van der Waals surface area contributed by atoms with Crippen LogP contribution >= 0.6 is 23.1 Å². The smallest absolute Gasteiger partial charge is 0.150 e. The Balaban J connectivity index is 1.93. The number of thiazole rings is 1. The van der Waals surface area contributed by atoms with Crippen LogP contribution in [-0.2, 0) is 0 Å². The number of aliphatic hydroxyl groups excluding tert-OH is 1. The molecule has 2 nitrogen and oxygen atoms in total. The van der Waals surface area contributed by atoms with Gasteiger partial charge in [-0.25, -0.2) is 4.98 Å². The molecule has 0 saturated heterocycles. The zero-order valence-corrected chi connectivity index (χ0v) is 11.5. The Hall–Kier alpha value is -0.840. The van der Waals surface area contributed by atoms with Gasteiger partial charge in [0.1, 0.15) is 4.34 Å². The monoisotopic (exact) mass is 265 g/mol. The second kappa shape index (κ2) is 5.67. The van der Waals surface area contributed by atoms with E-state index in [4.69, 9.17) is 0 Å². The normalized spacial score (nSPS) is 12.6. The van der Waals surface area contributed by atoms with Gasteiger partial charge in [0.25, 0.3) is 0 Å². The predicted octanol–water partition coefficient (Wildman–Crippen LogP) is 3.59. The first kappa shape index (κ1) is 12.6. The first-order chi connectivity index (χ1) is 8.15. The van der Waals surface area contributed by atoms with Crippen LogP contribution in [0.4, 0.5) is 0 Å². The number of thioether (sulfide) groups is 1. The number of aromatic nitrogens is 1. The Kier molecular flexibility index (Phi) is 4.20. The molecule has 1 heterocycles. The fourth-order valence-corrected chi connectivity index (χ4v) is 3.28. The molecule has 1 atom stereocenters. The van der Waals surface area contributed by atoms with Crippen molar-refractivity contribution in [1.82, 2.24) is 4.98 Å². The van der Waals surface area contributed by atoms with E-state index in [1.807, 2.05) is 43.5 Å². The summed E-state index contributed by atoms with van der Waals surface area (Å²) in [5.74, 6) is 0.649. The molecule has 90 valence electrons. The lowest BCUT2D eigenvalue weighted by Gasteiger charge is -2.09. The first-order valence-corrected chi connectivity index (χ1v) is 7.31. The van der Waals surface area contributed by atoms with Gasteiger partial charge >= 0.3 is 0 Å². The molecule has 2 aromatic rings. The molecule has 0 fully saturated rings. The summed E-state index contributed by atoms with van der Waals surface area (Å²) in [7, 11) is 0. The standard InChI is InChI=1S/C13H15NOS2/c1-9-3-5-11(6-4-9)12(15)8-17-13-14-10(2)7-16-13/h3-7,12,15H,8H2,1-2H3. The molecular formula is C13H15NOS2. The van der Waals surface area contributed by atoms with Gasteiger partial charge in [-0.15, -0.1) is 11.3 Å². The van der Waals surface area contributed by atoms with E-state index in [1.54, 1.807) is 23.1 Å². The fraction of sp³-hybridized carbons (Fsp3) is 0.308. The maximum absolute atomic E-state index is 10.0. The van der Waals surface area contributed by atoms with E-state index < -0.39 is 6.10 Å². The molecule has 1 aromatic heterocycles. The Labute approximate surface area is 110 Å². The molecule has 0 amide bonds. The predicted molar refractivity (Wildman–Crippen MR) is 73.7 cm³/mol. The Morgan fingerprint density at radius 1 is 1.29 bits per heavy atom. The largest absolute Gasteiger partial charge is 0.388 e. The quantitative estimate of drug-likeness (QED) is 0.858. The SMILES string of the molecule is Cc1ccc(C(O)CSc2nc(C)cs2)cc1. The van der Waals surface area contributed by atoms with E-state index in [1.165, 1.54) is 5.56 Å². The topological polar surface area (TPSA) is 33.1 Å². The summed E-state index contributed by atoms with van der Waals surface area (Å²) in [4.78, 5) is 4.36. The van der Waals surface area contributed by atoms with Crippen molar-refractivity contribution in [2.24, 2.45) is 0 Å². The Morgan fingerprint density at radius 2 is 2.00 bits per heavy atom. The third-order valence-corrected chi connectivity index (χ3v) is 4.64. The summed E-state index contributed by atoms with van der Waals surface area (Å²) in [5.41, 5.74) is 3.22. The molecule has 17 heavy (non-hydrogen) atoms. The van der Waals surface area contributed by atoms with Gasteiger partial charge in [-0.2, -0.15) is 0 Å². The number of nitrogens with zero attached hydrogens (tertiary/aromatic N) is 1. The van der Waals surface area contributed by atoms with Gasteiger partial charge in [-0.05, 0) is 19.4 Å². The Bertz CT molecular complexity index is 478. The first-order valence-electron chi connectivity index (χ1n) is 5.45. The average Bonchev–Trinajstić information content (AvgIpc) is 2.73. The summed E-state index contributed by atoms with van der Waals surface area (Å²) in [6.45, 7) is 4.03. The van der Waals surface area contributed by atoms with Gasteiger partial charge < -0.3 is 5.11 Å². The molecule has 0 spiro atoms. The van der Waals surface area contributed by atoms with E-state index in [0.717, 1.165) is 15.6 Å². The lowest BCUT2D eigenvalue weighted by atomic mass is 10.1. The van der Waals surface area contributed by atoms with Crippen LogP contribution in [-0.4, -0.2) is 15.8 Å². The highest BCUT2D eigenvalue weighted by Crippen LogP contribution is 2.27. The van der Waals surface area contributed by atoms with Gasteiger partial charge in [0.05, 0.1) is 6.10 Å². The molecule has 2 rings (SSSR count). The van der Waals surface area contributed by atoms with Crippen molar-refractivity contribution in [1.29, 1.82) is 0 Å². The lowest BCUT2D eigenvalue weighted by molar-refractivity contribution is 0.204. The molecule has 0 saturated carbocycles. The maximum atomic E-state index is 10.0. The molecule has 1 N–H and O–H groups in total. The van der Waals surface area contributed by atoms with Gasteiger partial charge in [-0.1, -0.05) is 41.6 Å². The van der Waals surface area contributed by atoms with Crippen LogP contribution in [0.15, 0.2) is 34.0 Å². The third-order valence-electron chi connectivity index (χ3n) is 2.42. The van der Waals surface area contributed by atoms with Crippen molar-refractivity contribution in [2.75, 3.05) is 5.75 Å². The maximum Gasteiger partial charge on any atom is 0.150 e. The van der Waals surface area contributed by atoms with E-state index in [0.29, 0.717) is 5.75 Å². The van der Waals surface area contributed by atoms with Crippen molar-refractivity contribution in [3.63, 3.8) is 0 Å². The van der Waals surface area contributed by atoms with E-state index in [-0.39, 0.29) is 0 Å². The van der Waals surface area contributed by atoms with Gasteiger partial charge in [0.2, 0.25) is 0 Å². The Morgan fingerprint density at radius 3 is 2.59 bits per heavy atom. The van der Waals surface area contributed by atoms with E-state index in [9.17, 15) is 5.11 Å². The van der Waals surface area contributed by atoms with Crippen molar-refractivity contribution in [2.45, 2.75) is 24.3 Å². The summed E-state index contributed by atoms with van der Waals surface area (Å²) in [6.07, 6.45) is -0.426. The second-order valence-electron chi connectivity index (χ2n) is 3.99. The summed E-state index contributed by atoms with van der Waals surface area (Å²) in [6, 6.07) is 8.01. The molecule has 0 radical (unpaired) electrons. The minimum atomic E-state index is -0.426. The van der Waals surface area contributed by atoms with Gasteiger partial charge in [-0.3, -0.25) is 0 Å². The number of aryl methyl sites for hydroxylation is 2. The zero-order valence-electron chi connectivity index (χ0n) is 9.88. The molecule has 0 aliphatic rings. The minimum Gasteiger partial charge on any atom is -0.388 e. The molecule has 0 aliphatic heterocycles. The van der Waals surface area contributed by atoms with Crippen molar-refractivity contribution >= 4 is 23.1 Å². The van der Waals surface area contributed by atoms with Crippen LogP contribution in [0.2, 0.25) is 0 Å². The highest BCUT2D eigenvalue weighted by atomic mass is 32.2. The van der Waals surface area contributed by atoms with Crippen LogP contribution in [0.25, 0.3) is 0 Å². The van der Waals surface area contributed by atoms with Crippen molar-refractivity contribution in [3.05, 3.63) is 46.5 Å². The number of benzene rings is 1. The van der Waals surface area contributed by atoms with E-state index in [2.05, 4.69) is 4.98 Å². The van der Waals surface area contributed by atoms with Crippen LogP contribution in [0.1, 0.15) is 22.9 Å². The van der Waals surface area contributed by atoms with Gasteiger partial charge in [0.15, 0.2) is 0 Å². The summed E-state index contributed by atoms with van der Waals surface area (Å²) in [5, 5.41) is 12.1. The number of rotatable bonds is 4. The van der Waals surface area contributed by atoms with Crippen LogP contribution in [0.3, 0.4) is 0 Å². The summed E-state index contributed by atoms with van der Waals surface area (Å²) < 4.78 is 1.02. The molecule has 4 heteroatoms. The lowest BCUT2D eigenvalue weighted by Crippen LogP contribution is -2.00. The molecule has 1 aromatic carbocycles. The number of hydrogen-bond donors (Lipinski definition) is 1. The van der Waals surface area contributed by atoms with Crippen LogP contribution in [0, 0.1) is 13.8 Å². The van der Waals surface area contributed by atoms with E-state index >= 15 is 0 Å².